The van der Waals surface area contributed by atoms with E-state index in [1.165, 1.54) is 25.7 Å². The second kappa shape index (κ2) is 5.19. The molecule has 0 aliphatic carbocycles. The fourth-order valence-corrected chi connectivity index (χ4v) is 0.991. The summed E-state index contributed by atoms with van der Waals surface area (Å²) in [5, 5.41) is 0. The summed E-state index contributed by atoms with van der Waals surface area (Å²) in [5.74, 6) is -0.928. The van der Waals surface area contributed by atoms with E-state index in [-0.39, 0.29) is 6.42 Å². The summed E-state index contributed by atoms with van der Waals surface area (Å²) >= 11 is 0. The third-order valence-electron chi connectivity index (χ3n) is 1.75. The van der Waals surface area contributed by atoms with Gasteiger partial charge in [0.15, 0.2) is 0 Å². The van der Waals surface area contributed by atoms with E-state index in [0.717, 1.165) is 0 Å². The first-order chi connectivity index (χ1) is 7.13. The number of hydrogen-bond acceptors (Lipinski definition) is 5. The van der Waals surface area contributed by atoms with Gasteiger partial charge in [0.2, 0.25) is 0 Å². The topological polar surface area (TPSA) is 65.7 Å². The lowest BCUT2D eigenvalue weighted by molar-refractivity contribution is -0.142. The molecule has 0 N–H and O–H groups in total. The fraction of sp³-hybridized carbons (Fsp3) is 0.400. The van der Waals surface area contributed by atoms with Crippen LogP contribution in [0.25, 0.3) is 0 Å². The molecule has 5 nitrogen and oxygen atoms in total. The van der Waals surface area contributed by atoms with E-state index in [0.29, 0.717) is 5.56 Å². The molecular weight excluding hydrogens is 200 g/mol. The van der Waals surface area contributed by atoms with E-state index in [1.54, 1.807) is 6.92 Å². The first-order valence-corrected chi connectivity index (χ1v) is 4.43. The molecule has 0 aliphatic heterocycles. The van der Waals surface area contributed by atoms with Crippen molar-refractivity contribution in [3.05, 3.63) is 24.2 Å². The Kier molecular flexibility index (Phi) is 3.91. The van der Waals surface area contributed by atoms with Crippen LogP contribution in [-0.2, 0) is 14.3 Å². The van der Waals surface area contributed by atoms with Crippen LogP contribution in [0.2, 0.25) is 0 Å². The second-order valence-corrected chi connectivity index (χ2v) is 3.01. The van der Waals surface area contributed by atoms with Gasteiger partial charge in [-0.2, -0.15) is 0 Å². The highest BCUT2D eigenvalue weighted by Gasteiger charge is 2.15. The molecule has 0 radical (unpaired) electrons. The molecule has 82 valence electrons. The summed E-state index contributed by atoms with van der Waals surface area (Å²) < 4.78 is 14.1. The van der Waals surface area contributed by atoms with Gasteiger partial charge in [0, 0.05) is 0 Å². The van der Waals surface area contributed by atoms with E-state index in [1.807, 2.05) is 0 Å². The third kappa shape index (κ3) is 3.46. The number of carbonyl (C=O) groups is 2. The van der Waals surface area contributed by atoms with Crippen LogP contribution in [-0.4, -0.2) is 25.2 Å². The average Bonchev–Trinajstić information content (AvgIpc) is 2.70. The van der Waals surface area contributed by atoms with E-state index in [9.17, 15) is 9.59 Å². The SMILES string of the molecule is COC(=O)C[C@@H](C)OC(=O)c1ccoc1. The number of ether oxygens (including phenoxy) is 2. The molecule has 0 amide bonds. The van der Waals surface area contributed by atoms with Crippen LogP contribution in [0.1, 0.15) is 23.7 Å². The van der Waals surface area contributed by atoms with Crippen LogP contribution in [0.5, 0.6) is 0 Å². The molecule has 0 aromatic carbocycles. The van der Waals surface area contributed by atoms with Crippen molar-refractivity contribution in [3.8, 4) is 0 Å². The highest BCUT2D eigenvalue weighted by atomic mass is 16.6. The van der Waals surface area contributed by atoms with Crippen molar-refractivity contribution >= 4 is 11.9 Å². The minimum Gasteiger partial charge on any atom is -0.472 e. The van der Waals surface area contributed by atoms with Crippen LogP contribution in [0.15, 0.2) is 23.0 Å². The number of hydrogen-bond donors (Lipinski definition) is 0. The van der Waals surface area contributed by atoms with Gasteiger partial charge < -0.3 is 13.9 Å². The Morgan fingerprint density at radius 1 is 1.53 bits per heavy atom. The number of esters is 2. The molecule has 0 spiro atoms. The molecule has 1 aromatic rings. The predicted octanol–water partition coefficient (Wildman–Crippen LogP) is 1.39. The highest BCUT2D eigenvalue weighted by Crippen LogP contribution is 2.07. The van der Waals surface area contributed by atoms with Crippen molar-refractivity contribution in [2.45, 2.75) is 19.4 Å². The maximum absolute atomic E-state index is 11.4. The van der Waals surface area contributed by atoms with Gasteiger partial charge in [0.25, 0.3) is 0 Å². The van der Waals surface area contributed by atoms with Crippen molar-refractivity contribution in [2.75, 3.05) is 7.11 Å². The molecular formula is C10H12O5. The van der Waals surface area contributed by atoms with Crippen molar-refractivity contribution in [3.63, 3.8) is 0 Å². The summed E-state index contributed by atoms with van der Waals surface area (Å²) in [6.07, 6.45) is 2.19. The van der Waals surface area contributed by atoms with Gasteiger partial charge in [-0.1, -0.05) is 0 Å². The molecule has 15 heavy (non-hydrogen) atoms. The molecule has 1 aromatic heterocycles. The van der Waals surface area contributed by atoms with Gasteiger partial charge in [-0.25, -0.2) is 4.79 Å². The molecule has 1 heterocycles. The molecule has 0 aliphatic rings. The molecule has 5 heteroatoms. The van der Waals surface area contributed by atoms with Crippen molar-refractivity contribution in [2.24, 2.45) is 0 Å². The summed E-state index contributed by atoms with van der Waals surface area (Å²) in [6, 6.07) is 1.49. The van der Waals surface area contributed by atoms with Gasteiger partial charge >= 0.3 is 11.9 Å². The van der Waals surface area contributed by atoms with Gasteiger partial charge in [-0.05, 0) is 13.0 Å². The lowest BCUT2D eigenvalue weighted by Gasteiger charge is -2.10. The fourth-order valence-electron chi connectivity index (χ4n) is 0.991. The summed E-state index contributed by atoms with van der Waals surface area (Å²) in [7, 11) is 1.28. The minimum absolute atomic E-state index is 0.0418. The van der Waals surface area contributed by atoms with Crippen molar-refractivity contribution < 1.29 is 23.5 Å². The number of methoxy groups -OCH3 is 1. The standard InChI is InChI=1S/C10H12O5/c1-7(5-9(11)13-2)15-10(12)8-3-4-14-6-8/h3-4,6-7H,5H2,1-2H3/t7-/m1/s1. The molecule has 1 atom stereocenters. The van der Waals surface area contributed by atoms with Gasteiger partial charge in [0.1, 0.15) is 12.4 Å². The van der Waals surface area contributed by atoms with Crippen LogP contribution in [0.3, 0.4) is 0 Å². The summed E-state index contributed by atoms with van der Waals surface area (Å²) in [5.41, 5.74) is 0.326. The van der Waals surface area contributed by atoms with Gasteiger partial charge in [0.05, 0.1) is 25.4 Å². The largest absolute Gasteiger partial charge is 0.472 e. The Morgan fingerprint density at radius 3 is 2.80 bits per heavy atom. The molecule has 0 saturated carbocycles. The monoisotopic (exact) mass is 212 g/mol. The van der Waals surface area contributed by atoms with Crippen LogP contribution in [0.4, 0.5) is 0 Å². The number of furan rings is 1. The lowest BCUT2D eigenvalue weighted by Crippen LogP contribution is -2.19. The molecule has 0 unspecified atom stereocenters. The van der Waals surface area contributed by atoms with Crippen LogP contribution in [0, 0.1) is 0 Å². The molecule has 0 fully saturated rings. The molecule has 1 rings (SSSR count). The minimum atomic E-state index is -0.514. The normalized spacial score (nSPS) is 11.9. The zero-order valence-electron chi connectivity index (χ0n) is 8.56. The average molecular weight is 212 g/mol. The third-order valence-corrected chi connectivity index (χ3v) is 1.75. The van der Waals surface area contributed by atoms with Crippen LogP contribution < -0.4 is 0 Å². The van der Waals surface area contributed by atoms with Gasteiger partial charge in [-0.15, -0.1) is 0 Å². The highest BCUT2D eigenvalue weighted by molar-refractivity contribution is 5.89. The van der Waals surface area contributed by atoms with E-state index in [2.05, 4.69) is 4.74 Å². The Labute approximate surface area is 87.0 Å². The Balaban J connectivity index is 2.42. The number of carbonyl (C=O) groups excluding carboxylic acids is 2. The van der Waals surface area contributed by atoms with E-state index in [4.69, 9.17) is 9.15 Å². The Bertz CT molecular complexity index is 328. The van der Waals surface area contributed by atoms with E-state index < -0.39 is 18.0 Å². The summed E-state index contributed by atoms with van der Waals surface area (Å²) in [4.78, 5) is 22.2. The van der Waals surface area contributed by atoms with Gasteiger partial charge in [-0.3, -0.25) is 4.79 Å². The van der Waals surface area contributed by atoms with Crippen molar-refractivity contribution in [1.29, 1.82) is 0 Å². The van der Waals surface area contributed by atoms with E-state index >= 15 is 0 Å². The molecule has 0 bridgehead atoms. The first kappa shape index (κ1) is 11.3. The number of rotatable bonds is 4. The maximum Gasteiger partial charge on any atom is 0.341 e. The Hall–Kier alpha value is -1.78. The Morgan fingerprint density at radius 2 is 2.27 bits per heavy atom. The molecule has 0 saturated heterocycles. The maximum atomic E-state index is 11.4. The quantitative estimate of drug-likeness (QED) is 0.705. The predicted molar refractivity (Wildman–Crippen MR) is 50.2 cm³/mol. The smallest absolute Gasteiger partial charge is 0.341 e. The summed E-state index contributed by atoms with van der Waals surface area (Å²) in [6.45, 7) is 1.62. The second-order valence-electron chi connectivity index (χ2n) is 3.01. The first-order valence-electron chi connectivity index (χ1n) is 4.43. The zero-order chi connectivity index (χ0) is 11.3. The zero-order valence-corrected chi connectivity index (χ0v) is 8.56. The lowest BCUT2D eigenvalue weighted by atomic mass is 10.3. The van der Waals surface area contributed by atoms with Crippen molar-refractivity contribution in [1.82, 2.24) is 0 Å². The van der Waals surface area contributed by atoms with Crippen LogP contribution >= 0.6 is 0 Å².